The molecule has 0 amide bonds. The van der Waals surface area contributed by atoms with Crippen molar-refractivity contribution < 1.29 is 19.1 Å². The molecule has 134 valence electrons. The van der Waals surface area contributed by atoms with Crippen LogP contribution in [0.15, 0.2) is 59.1 Å². The summed E-state index contributed by atoms with van der Waals surface area (Å²) in [7, 11) is 0. The third-order valence-electron chi connectivity index (χ3n) is 3.30. The van der Waals surface area contributed by atoms with E-state index in [9.17, 15) is 14.4 Å². The summed E-state index contributed by atoms with van der Waals surface area (Å²) in [5.41, 5.74) is 0.813. The zero-order valence-corrected chi connectivity index (χ0v) is 16.4. The molecule has 0 aliphatic rings. The lowest BCUT2D eigenvalue weighted by atomic mass is 10.0. The van der Waals surface area contributed by atoms with Crippen molar-refractivity contribution in [2.45, 2.75) is 26.4 Å². The molecular weight excluding hydrogens is 396 g/mol. The lowest BCUT2D eigenvalue weighted by Crippen LogP contribution is -2.22. The minimum absolute atomic E-state index is 0.298. The molecule has 0 radical (unpaired) electrons. The van der Waals surface area contributed by atoms with Gasteiger partial charge in [-0.1, -0.05) is 40.2 Å². The summed E-state index contributed by atoms with van der Waals surface area (Å²) < 4.78 is 6.02. The van der Waals surface area contributed by atoms with Gasteiger partial charge >= 0.3 is 5.97 Å². The van der Waals surface area contributed by atoms with Crippen LogP contribution in [0.5, 0.6) is 0 Å². The van der Waals surface area contributed by atoms with E-state index in [2.05, 4.69) is 15.9 Å². The smallest absolute Gasteiger partial charge is 0.331 e. The number of halogens is 1. The Balaban J connectivity index is 2.06. The first kappa shape index (κ1) is 19.8. The molecule has 0 spiro atoms. The third kappa shape index (κ3) is 5.77. The number of hydrogen-bond acceptors (Lipinski definition) is 4. The zero-order valence-electron chi connectivity index (χ0n) is 14.8. The molecular formula is C21H19BrO4. The van der Waals surface area contributed by atoms with Crippen LogP contribution in [0.4, 0.5) is 0 Å². The molecule has 26 heavy (non-hydrogen) atoms. The Morgan fingerprint density at radius 1 is 0.846 bits per heavy atom. The molecule has 0 aromatic heterocycles. The molecule has 2 aromatic rings. The number of benzene rings is 2. The molecule has 0 saturated carbocycles. The highest BCUT2D eigenvalue weighted by Gasteiger charge is 2.18. The minimum atomic E-state index is -0.574. The highest BCUT2D eigenvalue weighted by atomic mass is 79.9. The van der Waals surface area contributed by atoms with Crippen molar-refractivity contribution in [2.75, 3.05) is 0 Å². The van der Waals surface area contributed by atoms with E-state index < -0.39 is 23.1 Å². The highest BCUT2D eigenvalue weighted by molar-refractivity contribution is 9.10. The molecule has 2 aromatic carbocycles. The van der Waals surface area contributed by atoms with Gasteiger partial charge in [0.15, 0.2) is 0 Å². The van der Waals surface area contributed by atoms with Crippen LogP contribution in [0, 0.1) is 0 Å². The van der Waals surface area contributed by atoms with Crippen molar-refractivity contribution in [1.82, 2.24) is 0 Å². The monoisotopic (exact) mass is 414 g/mol. The molecule has 0 heterocycles. The maximum Gasteiger partial charge on any atom is 0.331 e. The molecule has 4 nitrogen and oxygen atoms in total. The van der Waals surface area contributed by atoms with Gasteiger partial charge in [-0.2, -0.15) is 0 Å². The second-order valence-corrected chi connectivity index (χ2v) is 7.57. The molecule has 0 saturated heterocycles. The normalized spacial score (nSPS) is 11.4. The predicted octanol–water partition coefficient (Wildman–Crippen LogP) is 4.87. The van der Waals surface area contributed by atoms with Gasteiger partial charge in [0.1, 0.15) is 5.60 Å². The number of ether oxygens (including phenoxy) is 1. The van der Waals surface area contributed by atoms with Gasteiger partial charge in [0.2, 0.25) is 11.6 Å². The van der Waals surface area contributed by atoms with E-state index in [4.69, 9.17) is 4.74 Å². The number of carbonyl (C=O) groups is 3. The number of Topliss-reactive ketones (excluding diaryl/α,β-unsaturated/α-hetero) is 2. The number of carbonyl (C=O) groups excluding carboxylic acids is 3. The molecule has 0 atom stereocenters. The first-order valence-electron chi connectivity index (χ1n) is 8.01. The topological polar surface area (TPSA) is 60.4 Å². The van der Waals surface area contributed by atoms with Crippen molar-refractivity contribution in [3.63, 3.8) is 0 Å². The van der Waals surface area contributed by atoms with Crippen molar-refractivity contribution in [2.24, 2.45) is 0 Å². The van der Waals surface area contributed by atoms with E-state index in [1.54, 1.807) is 75.4 Å². The fourth-order valence-electron chi connectivity index (χ4n) is 2.11. The van der Waals surface area contributed by atoms with Crippen LogP contribution in [0.3, 0.4) is 0 Å². The summed E-state index contributed by atoms with van der Waals surface area (Å²) >= 11 is 3.29. The molecule has 0 N–H and O–H groups in total. The first-order valence-corrected chi connectivity index (χ1v) is 8.81. The van der Waals surface area contributed by atoms with Crippen LogP contribution in [0.1, 0.15) is 47.1 Å². The van der Waals surface area contributed by atoms with Crippen LogP contribution in [-0.2, 0) is 9.53 Å². The van der Waals surface area contributed by atoms with Gasteiger partial charge in [-0.05, 0) is 56.7 Å². The SMILES string of the molecule is CC(C)(C)OC(=O)/C=C/c1ccc(C(=O)C(=O)c2ccc(Br)cc2)cc1. The zero-order chi connectivity index (χ0) is 19.3. The first-order chi connectivity index (χ1) is 12.2. The summed E-state index contributed by atoms with van der Waals surface area (Å²) in [6, 6.07) is 13.1. The van der Waals surface area contributed by atoms with Crippen molar-refractivity contribution in [1.29, 1.82) is 0 Å². The maximum atomic E-state index is 12.3. The van der Waals surface area contributed by atoms with Crippen molar-refractivity contribution >= 4 is 39.5 Å². The standard InChI is InChI=1S/C21H19BrO4/c1-21(2,3)26-18(23)13-6-14-4-7-15(8-5-14)19(24)20(25)16-9-11-17(22)12-10-16/h4-13H,1-3H3/b13-6+. The van der Waals surface area contributed by atoms with Gasteiger partial charge in [0, 0.05) is 21.7 Å². The summed E-state index contributed by atoms with van der Waals surface area (Å²) in [6.07, 6.45) is 2.92. The number of hydrogen-bond donors (Lipinski definition) is 0. The van der Waals surface area contributed by atoms with Crippen LogP contribution >= 0.6 is 15.9 Å². The third-order valence-corrected chi connectivity index (χ3v) is 3.83. The molecule has 0 fully saturated rings. The largest absolute Gasteiger partial charge is 0.457 e. The summed E-state index contributed by atoms with van der Waals surface area (Å²) in [5.74, 6) is -1.58. The second-order valence-electron chi connectivity index (χ2n) is 6.65. The quantitative estimate of drug-likeness (QED) is 0.303. The molecule has 0 aliphatic carbocycles. The maximum absolute atomic E-state index is 12.3. The van der Waals surface area contributed by atoms with Gasteiger partial charge in [-0.25, -0.2) is 4.79 Å². The van der Waals surface area contributed by atoms with Crippen molar-refractivity contribution in [3.05, 3.63) is 75.8 Å². The van der Waals surface area contributed by atoms with Crippen LogP contribution in [0.25, 0.3) is 6.08 Å². The van der Waals surface area contributed by atoms with Crippen LogP contribution in [0.2, 0.25) is 0 Å². The number of esters is 1. The van der Waals surface area contributed by atoms with E-state index in [1.807, 2.05) is 0 Å². The van der Waals surface area contributed by atoms with E-state index in [1.165, 1.54) is 6.08 Å². The highest BCUT2D eigenvalue weighted by Crippen LogP contribution is 2.14. The Kier molecular flexibility index (Phi) is 6.27. The van der Waals surface area contributed by atoms with E-state index >= 15 is 0 Å². The lowest BCUT2D eigenvalue weighted by Gasteiger charge is -2.17. The minimum Gasteiger partial charge on any atom is -0.457 e. The number of ketones is 2. The van der Waals surface area contributed by atoms with Crippen LogP contribution in [-0.4, -0.2) is 23.1 Å². The fraction of sp³-hybridized carbons (Fsp3) is 0.190. The van der Waals surface area contributed by atoms with Gasteiger partial charge in [0.05, 0.1) is 0 Å². The molecule has 0 unspecified atom stereocenters. The van der Waals surface area contributed by atoms with Crippen LogP contribution < -0.4 is 0 Å². The Morgan fingerprint density at radius 3 is 1.77 bits per heavy atom. The Hall–Kier alpha value is -2.53. The second kappa shape index (κ2) is 8.23. The van der Waals surface area contributed by atoms with Gasteiger partial charge in [-0.15, -0.1) is 0 Å². The Bertz CT molecular complexity index is 841. The molecule has 0 aliphatic heterocycles. The van der Waals surface area contributed by atoms with E-state index in [0.717, 1.165) is 10.0 Å². The van der Waals surface area contributed by atoms with Gasteiger partial charge in [-0.3, -0.25) is 9.59 Å². The Morgan fingerprint density at radius 2 is 1.31 bits per heavy atom. The van der Waals surface area contributed by atoms with E-state index in [0.29, 0.717) is 11.1 Å². The summed E-state index contributed by atoms with van der Waals surface area (Å²) in [5, 5.41) is 0. The van der Waals surface area contributed by atoms with Gasteiger partial charge < -0.3 is 4.74 Å². The molecule has 2 rings (SSSR count). The molecule has 0 bridgehead atoms. The average Bonchev–Trinajstić information content (AvgIpc) is 2.58. The number of rotatable bonds is 5. The van der Waals surface area contributed by atoms with Crippen molar-refractivity contribution in [3.8, 4) is 0 Å². The fourth-order valence-corrected chi connectivity index (χ4v) is 2.37. The molecule has 5 heteroatoms. The van der Waals surface area contributed by atoms with Gasteiger partial charge in [0.25, 0.3) is 0 Å². The van der Waals surface area contributed by atoms with E-state index in [-0.39, 0.29) is 0 Å². The Labute approximate surface area is 161 Å². The summed E-state index contributed by atoms with van der Waals surface area (Å²) in [4.78, 5) is 36.2. The predicted molar refractivity (Wildman–Crippen MR) is 104 cm³/mol. The lowest BCUT2D eigenvalue weighted by molar-refractivity contribution is -0.148. The summed E-state index contributed by atoms with van der Waals surface area (Å²) in [6.45, 7) is 5.38. The average molecular weight is 415 g/mol.